The monoisotopic (exact) mass is 284 g/mol. The molecule has 0 aliphatic rings. The molecule has 1 heterocycles. The van der Waals surface area contributed by atoms with Crippen molar-refractivity contribution in [1.82, 2.24) is 9.55 Å². The molecule has 2 rings (SSSR count). The molecule has 3 nitrogen and oxygen atoms in total. The maximum Gasteiger partial charge on any atom is 0.125 e. The smallest absolute Gasteiger partial charge is 0.125 e. The molecule has 0 radical (unpaired) electrons. The van der Waals surface area contributed by atoms with Crippen LogP contribution in [0.15, 0.2) is 18.2 Å². The lowest BCUT2D eigenvalue weighted by atomic mass is 10.1. The average Bonchev–Trinajstić information content (AvgIpc) is 2.68. The van der Waals surface area contributed by atoms with E-state index in [4.69, 9.17) is 16.3 Å². The predicted molar refractivity (Wildman–Crippen MR) is 75.2 cm³/mol. The first-order chi connectivity index (χ1) is 8.96. The van der Waals surface area contributed by atoms with Gasteiger partial charge in [0, 0.05) is 19.4 Å². The molecule has 0 unspecified atom stereocenters. The first-order valence-electron chi connectivity index (χ1n) is 6.22. The number of methoxy groups -OCH3 is 1. The van der Waals surface area contributed by atoms with Crippen molar-refractivity contribution in [2.45, 2.75) is 32.4 Å². The molecule has 0 aliphatic carbocycles. The number of hydrogen-bond donors (Lipinski definition) is 0. The molecule has 0 fully saturated rings. The third-order valence-electron chi connectivity index (χ3n) is 3.20. The van der Waals surface area contributed by atoms with Crippen molar-refractivity contribution in [2.24, 2.45) is 0 Å². The number of alkyl halides is 1. The molecule has 5 heteroatoms. The second-order valence-electron chi connectivity index (χ2n) is 5.15. The van der Waals surface area contributed by atoms with Crippen LogP contribution in [0, 0.1) is 5.82 Å². The van der Waals surface area contributed by atoms with Crippen molar-refractivity contribution < 1.29 is 9.13 Å². The molecular weight excluding hydrogens is 267 g/mol. The quantitative estimate of drug-likeness (QED) is 0.787. The lowest BCUT2D eigenvalue weighted by Crippen LogP contribution is -2.30. The van der Waals surface area contributed by atoms with Gasteiger partial charge >= 0.3 is 0 Å². The van der Waals surface area contributed by atoms with Crippen LogP contribution in [-0.2, 0) is 17.7 Å². The predicted octanol–water partition coefficient (Wildman–Crippen LogP) is 3.38. The van der Waals surface area contributed by atoms with Gasteiger partial charge in [0.2, 0.25) is 0 Å². The second kappa shape index (κ2) is 5.47. The standard InChI is InChI=1S/C14H18ClFN2O/c1-14(2,19-3)9-18-12-8-10(16)4-5-11(12)17-13(18)6-7-15/h4-5,8H,6-7,9H2,1-3H3. The van der Waals surface area contributed by atoms with Crippen LogP contribution in [0.25, 0.3) is 11.0 Å². The fraction of sp³-hybridized carbons (Fsp3) is 0.500. The Balaban J connectivity index is 2.53. The van der Waals surface area contributed by atoms with Crippen LogP contribution in [0.1, 0.15) is 19.7 Å². The largest absolute Gasteiger partial charge is 0.377 e. The number of aromatic nitrogens is 2. The van der Waals surface area contributed by atoms with Crippen LogP contribution in [0.5, 0.6) is 0 Å². The van der Waals surface area contributed by atoms with Crippen molar-refractivity contribution in [3.63, 3.8) is 0 Å². The van der Waals surface area contributed by atoms with E-state index in [9.17, 15) is 4.39 Å². The summed E-state index contributed by atoms with van der Waals surface area (Å²) in [4.78, 5) is 4.52. The number of nitrogens with zero attached hydrogens (tertiary/aromatic N) is 2. The zero-order chi connectivity index (χ0) is 14.0. The van der Waals surface area contributed by atoms with Crippen LogP contribution >= 0.6 is 11.6 Å². The zero-order valence-corrected chi connectivity index (χ0v) is 12.2. The maximum atomic E-state index is 13.4. The third-order valence-corrected chi connectivity index (χ3v) is 3.39. The van der Waals surface area contributed by atoms with Crippen molar-refractivity contribution in [2.75, 3.05) is 13.0 Å². The zero-order valence-electron chi connectivity index (χ0n) is 11.4. The molecule has 1 aromatic carbocycles. The van der Waals surface area contributed by atoms with Crippen molar-refractivity contribution in [3.8, 4) is 0 Å². The Morgan fingerprint density at radius 2 is 2.16 bits per heavy atom. The molecule has 0 atom stereocenters. The number of ether oxygens (including phenoxy) is 1. The van der Waals surface area contributed by atoms with E-state index in [2.05, 4.69) is 4.98 Å². The average molecular weight is 285 g/mol. The van der Waals surface area contributed by atoms with Crippen molar-refractivity contribution in [3.05, 3.63) is 29.8 Å². The van der Waals surface area contributed by atoms with E-state index in [0.717, 1.165) is 16.9 Å². The molecular formula is C14H18ClFN2O. The van der Waals surface area contributed by atoms with Gasteiger partial charge in [0.25, 0.3) is 0 Å². The Kier molecular flexibility index (Phi) is 4.11. The number of rotatable bonds is 5. The number of fused-ring (bicyclic) bond motifs is 1. The summed E-state index contributed by atoms with van der Waals surface area (Å²) in [7, 11) is 1.67. The van der Waals surface area contributed by atoms with E-state index in [1.54, 1.807) is 13.2 Å². The summed E-state index contributed by atoms with van der Waals surface area (Å²) < 4.78 is 20.9. The third kappa shape index (κ3) is 3.07. The Hall–Kier alpha value is -1.13. The summed E-state index contributed by atoms with van der Waals surface area (Å²) in [5.41, 5.74) is 1.22. The van der Waals surface area contributed by atoms with Gasteiger partial charge in [-0.1, -0.05) is 0 Å². The van der Waals surface area contributed by atoms with Crippen LogP contribution in [0.4, 0.5) is 4.39 Å². The summed E-state index contributed by atoms with van der Waals surface area (Å²) in [6, 6.07) is 4.62. The highest BCUT2D eigenvalue weighted by Gasteiger charge is 2.21. The van der Waals surface area contributed by atoms with Gasteiger partial charge in [0.05, 0.1) is 23.2 Å². The molecule has 0 spiro atoms. The Bertz CT molecular complexity index is 580. The first kappa shape index (κ1) is 14.3. The second-order valence-corrected chi connectivity index (χ2v) is 5.53. The summed E-state index contributed by atoms with van der Waals surface area (Å²) in [5.74, 6) is 1.08. The molecule has 0 saturated carbocycles. The van der Waals surface area contributed by atoms with E-state index < -0.39 is 0 Å². The van der Waals surface area contributed by atoms with Crippen molar-refractivity contribution >= 4 is 22.6 Å². The molecule has 0 N–H and O–H groups in total. The topological polar surface area (TPSA) is 27.1 Å². The summed E-state index contributed by atoms with van der Waals surface area (Å²) >= 11 is 5.81. The number of halogens is 2. The van der Waals surface area contributed by atoms with E-state index in [1.165, 1.54) is 12.1 Å². The van der Waals surface area contributed by atoms with E-state index >= 15 is 0 Å². The molecule has 0 aliphatic heterocycles. The highest BCUT2D eigenvalue weighted by molar-refractivity contribution is 6.17. The number of benzene rings is 1. The van der Waals surface area contributed by atoms with Gasteiger partial charge in [0.1, 0.15) is 11.6 Å². The van der Waals surface area contributed by atoms with Crippen LogP contribution in [-0.4, -0.2) is 28.1 Å². The normalized spacial score (nSPS) is 12.3. The Morgan fingerprint density at radius 1 is 1.42 bits per heavy atom. The maximum absolute atomic E-state index is 13.4. The molecule has 2 aromatic rings. The summed E-state index contributed by atoms with van der Waals surface area (Å²) in [5, 5.41) is 0. The van der Waals surface area contributed by atoms with Crippen molar-refractivity contribution in [1.29, 1.82) is 0 Å². The van der Waals surface area contributed by atoms with Gasteiger partial charge in [-0.15, -0.1) is 11.6 Å². The fourth-order valence-corrected chi connectivity index (χ4v) is 2.21. The highest BCUT2D eigenvalue weighted by atomic mass is 35.5. The SMILES string of the molecule is COC(C)(C)Cn1c(CCCl)nc2ccc(F)cc21. The van der Waals surface area contributed by atoms with E-state index in [0.29, 0.717) is 18.8 Å². The Morgan fingerprint density at radius 3 is 2.79 bits per heavy atom. The van der Waals surface area contributed by atoms with Crippen LogP contribution in [0.3, 0.4) is 0 Å². The first-order valence-corrected chi connectivity index (χ1v) is 6.76. The van der Waals surface area contributed by atoms with Gasteiger partial charge in [-0.3, -0.25) is 0 Å². The van der Waals surface area contributed by atoms with E-state index in [-0.39, 0.29) is 11.4 Å². The molecule has 19 heavy (non-hydrogen) atoms. The molecule has 0 saturated heterocycles. The minimum atomic E-state index is -0.346. The summed E-state index contributed by atoms with van der Waals surface area (Å²) in [6.07, 6.45) is 0.650. The molecule has 1 aromatic heterocycles. The number of imidazole rings is 1. The lowest BCUT2D eigenvalue weighted by Gasteiger charge is -2.24. The van der Waals surface area contributed by atoms with Gasteiger partial charge < -0.3 is 9.30 Å². The lowest BCUT2D eigenvalue weighted by molar-refractivity contribution is 0.00845. The van der Waals surface area contributed by atoms with Crippen LogP contribution in [0.2, 0.25) is 0 Å². The minimum Gasteiger partial charge on any atom is -0.377 e. The minimum absolute atomic E-state index is 0.263. The van der Waals surface area contributed by atoms with Gasteiger partial charge in [-0.2, -0.15) is 0 Å². The van der Waals surface area contributed by atoms with E-state index in [1.807, 2.05) is 18.4 Å². The van der Waals surface area contributed by atoms with Crippen LogP contribution < -0.4 is 0 Å². The molecule has 0 bridgehead atoms. The molecule has 0 amide bonds. The molecule has 104 valence electrons. The Labute approximate surface area is 117 Å². The summed E-state index contributed by atoms with van der Waals surface area (Å²) in [6.45, 7) is 4.58. The van der Waals surface area contributed by atoms with Gasteiger partial charge in [-0.05, 0) is 32.0 Å². The highest BCUT2D eigenvalue weighted by Crippen LogP contribution is 2.22. The van der Waals surface area contributed by atoms with Gasteiger partial charge in [0.15, 0.2) is 0 Å². The number of aryl methyl sites for hydroxylation is 1. The fourth-order valence-electron chi connectivity index (χ4n) is 2.04. The van der Waals surface area contributed by atoms with Gasteiger partial charge in [-0.25, -0.2) is 9.37 Å². The number of hydrogen-bond acceptors (Lipinski definition) is 2.